The maximum Gasteiger partial charge on any atom is 0.494 e. The summed E-state index contributed by atoms with van der Waals surface area (Å²) in [4.78, 5) is 4.26. The van der Waals surface area contributed by atoms with Gasteiger partial charge in [0, 0.05) is 0 Å². The highest BCUT2D eigenvalue weighted by atomic mass is 32.1. The Morgan fingerprint density at radius 2 is 1.72 bits per heavy atom. The zero-order valence-electron chi connectivity index (χ0n) is 17.2. The number of nitrogens with zero attached hydrogens (tertiary/aromatic N) is 2. The molecule has 2 heterocycles. The molecule has 1 atom stereocenters. The van der Waals surface area contributed by atoms with Crippen molar-refractivity contribution in [2.45, 2.75) is 51.9 Å². The molecule has 1 aliphatic heterocycles. The normalized spacial score (nSPS) is 18.6. The number of hydrogen-bond acceptors (Lipinski definition) is 6. The zero-order chi connectivity index (χ0) is 20.8. The van der Waals surface area contributed by atoms with Gasteiger partial charge in [0.25, 0.3) is 0 Å². The average Bonchev–Trinajstić information content (AvgIpc) is 3.18. The molecule has 1 fully saturated rings. The monoisotopic (exact) mass is 406 g/mol. The van der Waals surface area contributed by atoms with Crippen LogP contribution in [0.15, 0.2) is 42.5 Å². The molecule has 0 radical (unpaired) electrons. The van der Waals surface area contributed by atoms with E-state index in [1.165, 1.54) is 11.3 Å². The van der Waals surface area contributed by atoms with E-state index in [1.807, 2.05) is 49.4 Å². The molecule has 0 amide bonds. The number of hydrogen-bond donors (Lipinski definition) is 0. The Balaban J connectivity index is 1.47. The quantitative estimate of drug-likeness (QED) is 0.593. The lowest BCUT2D eigenvalue weighted by Gasteiger charge is -2.32. The fourth-order valence-corrected chi connectivity index (χ4v) is 3.99. The molecule has 3 aromatic rings. The third kappa shape index (κ3) is 3.76. The highest BCUT2D eigenvalue weighted by molar-refractivity contribution is 7.19. The molecule has 7 heteroatoms. The maximum absolute atomic E-state index is 9.01. The van der Waals surface area contributed by atoms with Crippen LogP contribution in [0.25, 0.3) is 10.2 Å². The first kappa shape index (κ1) is 19.9. The average molecular weight is 406 g/mol. The Kier molecular flexibility index (Phi) is 4.90. The first-order valence-electron chi connectivity index (χ1n) is 9.61. The van der Waals surface area contributed by atoms with E-state index in [0.29, 0.717) is 5.01 Å². The van der Waals surface area contributed by atoms with Gasteiger partial charge in [0.15, 0.2) is 5.01 Å². The summed E-state index contributed by atoms with van der Waals surface area (Å²) in [7, 11) is -0.367. The van der Waals surface area contributed by atoms with Crippen LogP contribution in [0.3, 0.4) is 0 Å². The van der Waals surface area contributed by atoms with Gasteiger partial charge in [-0.15, -0.1) is 11.3 Å². The molecule has 29 heavy (non-hydrogen) atoms. The van der Waals surface area contributed by atoms with Gasteiger partial charge in [-0.3, -0.25) is 0 Å². The van der Waals surface area contributed by atoms with Crippen molar-refractivity contribution in [1.29, 1.82) is 5.26 Å². The number of nitriles is 1. The Bertz CT molecular complexity index is 1070. The summed E-state index contributed by atoms with van der Waals surface area (Å²) in [5.41, 5.74) is 2.17. The lowest BCUT2D eigenvalue weighted by Crippen LogP contribution is -2.41. The summed E-state index contributed by atoms with van der Waals surface area (Å²) in [5, 5.41) is 9.47. The number of aromatic nitrogens is 1. The van der Waals surface area contributed by atoms with E-state index in [2.05, 4.69) is 38.7 Å². The van der Waals surface area contributed by atoms with E-state index in [1.54, 1.807) is 0 Å². The van der Waals surface area contributed by atoms with Crippen molar-refractivity contribution in [1.82, 2.24) is 4.98 Å². The first-order chi connectivity index (χ1) is 13.7. The van der Waals surface area contributed by atoms with Crippen LogP contribution in [0.1, 0.15) is 51.3 Å². The SMILES string of the molecule is CC(Oc1ccc2nc(C#N)sc2c1)c1ccc(B2OC(C)(C)C(C)(C)O2)cc1. The van der Waals surface area contributed by atoms with Gasteiger partial charge >= 0.3 is 7.12 Å². The lowest BCUT2D eigenvalue weighted by molar-refractivity contribution is 0.00578. The molecule has 0 N–H and O–H groups in total. The molecule has 5 nitrogen and oxygen atoms in total. The van der Waals surface area contributed by atoms with Crippen LogP contribution in [0.5, 0.6) is 5.75 Å². The summed E-state index contributed by atoms with van der Waals surface area (Å²) in [5.74, 6) is 0.758. The van der Waals surface area contributed by atoms with Gasteiger partial charge in [0.2, 0.25) is 0 Å². The number of fused-ring (bicyclic) bond motifs is 1. The highest BCUT2D eigenvalue weighted by Gasteiger charge is 2.51. The van der Waals surface area contributed by atoms with Gasteiger partial charge in [0.1, 0.15) is 17.9 Å². The van der Waals surface area contributed by atoms with Crippen LogP contribution < -0.4 is 10.2 Å². The van der Waals surface area contributed by atoms with E-state index in [4.69, 9.17) is 19.3 Å². The summed E-state index contributed by atoms with van der Waals surface area (Å²) in [6.07, 6.45) is -0.122. The number of benzene rings is 2. The predicted octanol–water partition coefficient (Wildman–Crippen LogP) is 4.61. The number of ether oxygens (including phenoxy) is 1. The Morgan fingerprint density at radius 3 is 2.34 bits per heavy atom. The summed E-state index contributed by atoms with van der Waals surface area (Å²) in [6.45, 7) is 10.2. The smallest absolute Gasteiger partial charge is 0.486 e. The molecular weight excluding hydrogens is 383 g/mol. The van der Waals surface area contributed by atoms with Crippen LogP contribution in [0, 0.1) is 11.3 Å². The summed E-state index contributed by atoms with van der Waals surface area (Å²) in [6, 6.07) is 15.9. The first-order valence-corrected chi connectivity index (χ1v) is 10.4. The molecule has 0 saturated carbocycles. The van der Waals surface area contributed by atoms with Crippen molar-refractivity contribution in [3.8, 4) is 11.8 Å². The largest absolute Gasteiger partial charge is 0.494 e. The van der Waals surface area contributed by atoms with E-state index < -0.39 is 0 Å². The molecule has 0 aliphatic carbocycles. The van der Waals surface area contributed by atoms with E-state index >= 15 is 0 Å². The van der Waals surface area contributed by atoms with Gasteiger partial charge in [-0.1, -0.05) is 24.3 Å². The van der Waals surface area contributed by atoms with Gasteiger partial charge in [-0.2, -0.15) is 5.26 Å². The molecular formula is C22H23BN2O3S. The van der Waals surface area contributed by atoms with Crippen molar-refractivity contribution in [3.05, 3.63) is 53.0 Å². The summed E-state index contributed by atoms with van der Waals surface area (Å²) < 4.78 is 19.3. The second-order valence-electron chi connectivity index (χ2n) is 8.28. The zero-order valence-corrected chi connectivity index (χ0v) is 18.0. The van der Waals surface area contributed by atoms with Crippen LogP contribution in [-0.4, -0.2) is 23.3 Å². The molecule has 0 spiro atoms. The van der Waals surface area contributed by atoms with E-state index in [9.17, 15) is 0 Å². The second kappa shape index (κ2) is 7.14. The van der Waals surface area contributed by atoms with Gasteiger partial charge in [-0.25, -0.2) is 4.98 Å². The molecule has 148 valence electrons. The Morgan fingerprint density at radius 1 is 1.07 bits per heavy atom. The number of rotatable bonds is 4. The summed E-state index contributed by atoms with van der Waals surface area (Å²) >= 11 is 1.37. The van der Waals surface area contributed by atoms with Crippen molar-refractivity contribution in [2.24, 2.45) is 0 Å². The van der Waals surface area contributed by atoms with Gasteiger partial charge in [0.05, 0.1) is 21.4 Å². The van der Waals surface area contributed by atoms with E-state index in [-0.39, 0.29) is 24.4 Å². The predicted molar refractivity (Wildman–Crippen MR) is 116 cm³/mol. The molecule has 1 aromatic heterocycles. The second-order valence-corrected chi connectivity index (χ2v) is 9.31. The fraction of sp³-hybridized carbons (Fsp3) is 0.364. The van der Waals surface area contributed by atoms with Crippen molar-refractivity contribution >= 4 is 34.1 Å². The van der Waals surface area contributed by atoms with Crippen LogP contribution in [0.2, 0.25) is 0 Å². The maximum atomic E-state index is 9.01. The van der Waals surface area contributed by atoms with Crippen molar-refractivity contribution in [3.63, 3.8) is 0 Å². The molecule has 0 bridgehead atoms. The Hall–Kier alpha value is -2.40. The van der Waals surface area contributed by atoms with Crippen LogP contribution >= 0.6 is 11.3 Å². The Labute approximate surface area is 175 Å². The van der Waals surface area contributed by atoms with Crippen molar-refractivity contribution in [2.75, 3.05) is 0 Å². The minimum Gasteiger partial charge on any atom is -0.486 e. The topological polar surface area (TPSA) is 64.4 Å². The standard InChI is InChI=1S/C22H23BN2O3S/c1-14(26-17-10-11-18-19(12-17)29-20(13-24)25-18)15-6-8-16(9-7-15)23-27-21(2,3)22(4,5)28-23/h6-12,14H,1-5H3. The molecule has 1 saturated heterocycles. The van der Waals surface area contributed by atoms with Crippen LogP contribution in [-0.2, 0) is 9.31 Å². The number of thiazole rings is 1. The third-order valence-electron chi connectivity index (χ3n) is 5.70. The van der Waals surface area contributed by atoms with Crippen LogP contribution in [0.4, 0.5) is 0 Å². The van der Waals surface area contributed by atoms with Gasteiger partial charge < -0.3 is 14.0 Å². The van der Waals surface area contributed by atoms with E-state index in [0.717, 1.165) is 27.0 Å². The van der Waals surface area contributed by atoms with Crippen molar-refractivity contribution < 1.29 is 14.0 Å². The fourth-order valence-electron chi connectivity index (χ4n) is 3.20. The minimum absolute atomic E-state index is 0.122. The molecule has 1 aliphatic rings. The highest BCUT2D eigenvalue weighted by Crippen LogP contribution is 2.36. The molecule has 2 aromatic carbocycles. The third-order valence-corrected chi connectivity index (χ3v) is 6.62. The molecule has 4 rings (SSSR count). The molecule has 1 unspecified atom stereocenters. The lowest BCUT2D eigenvalue weighted by atomic mass is 9.78. The van der Waals surface area contributed by atoms with Gasteiger partial charge in [-0.05, 0) is 63.8 Å². The minimum atomic E-state index is -0.367.